The van der Waals surface area contributed by atoms with Gasteiger partial charge in [0.2, 0.25) is 5.91 Å². The maximum atomic E-state index is 13.6. The molecule has 0 bridgehead atoms. The quantitative estimate of drug-likeness (QED) is 0.289. The number of Topliss-reactive ketones (excluding diaryl/α,β-unsaturated/α-hetero) is 1. The van der Waals surface area contributed by atoms with E-state index in [0.29, 0.717) is 5.69 Å². The van der Waals surface area contributed by atoms with Crippen LogP contribution in [0.1, 0.15) is 27.4 Å². The van der Waals surface area contributed by atoms with Crippen molar-refractivity contribution < 1.29 is 14.7 Å². The molecule has 4 nitrogen and oxygen atoms in total. The Morgan fingerprint density at radius 3 is 2.39 bits per heavy atom. The number of amides is 1. The van der Waals surface area contributed by atoms with Gasteiger partial charge in [-0.3, -0.25) is 9.59 Å². The number of rotatable bonds is 3. The molecule has 0 saturated heterocycles. The van der Waals surface area contributed by atoms with Crippen molar-refractivity contribution in [2.45, 2.75) is 5.92 Å². The zero-order valence-corrected chi connectivity index (χ0v) is 18.0. The van der Waals surface area contributed by atoms with E-state index in [1.165, 1.54) is 6.07 Å². The van der Waals surface area contributed by atoms with E-state index in [9.17, 15) is 14.7 Å². The fraction of sp³-hybridized carbons (Fsp3) is 0.0769. The fourth-order valence-electron chi connectivity index (χ4n) is 4.45. The van der Waals surface area contributed by atoms with Crippen molar-refractivity contribution in [2.75, 3.05) is 5.32 Å². The van der Waals surface area contributed by atoms with Crippen LogP contribution in [0, 0.1) is 5.92 Å². The second kappa shape index (κ2) is 7.67. The Bertz CT molecular complexity index is 1350. The highest BCUT2D eigenvalue weighted by Gasteiger charge is 2.43. The van der Waals surface area contributed by atoms with E-state index in [2.05, 4.69) is 21.2 Å². The minimum absolute atomic E-state index is 0.130. The SMILES string of the molecule is O=C1Nc2ccc3ccccc3c2C(c2ccccc2Br)C1C(=O)c1ccccc1O. The molecule has 1 aliphatic rings. The van der Waals surface area contributed by atoms with Gasteiger partial charge < -0.3 is 10.4 Å². The van der Waals surface area contributed by atoms with Gasteiger partial charge in [-0.2, -0.15) is 0 Å². The lowest BCUT2D eigenvalue weighted by molar-refractivity contribution is -0.119. The maximum Gasteiger partial charge on any atom is 0.236 e. The molecular formula is C26H18BrNO3. The summed E-state index contributed by atoms with van der Waals surface area (Å²) in [7, 11) is 0. The molecule has 1 amide bonds. The van der Waals surface area contributed by atoms with Gasteiger partial charge in [-0.25, -0.2) is 0 Å². The molecule has 0 fully saturated rings. The molecule has 31 heavy (non-hydrogen) atoms. The molecule has 1 aliphatic heterocycles. The summed E-state index contributed by atoms with van der Waals surface area (Å²) in [5.74, 6) is -2.45. The number of benzene rings is 4. The summed E-state index contributed by atoms with van der Waals surface area (Å²) in [6.45, 7) is 0. The summed E-state index contributed by atoms with van der Waals surface area (Å²) in [5.41, 5.74) is 2.59. The van der Waals surface area contributed by atoms with Crippen molar-refractivity contribution in [3.8, 4) is 5.75 Å². The number of carbonyl (C=O) groups is 2. The van der Waals surface area contributed by atoms with Gasteiger partial charge in [0.1, 0.15) is 11.7 Å². The van der Waals surface area contributed by atoms with Crippen LogP contribution in [0.5, 0.6) is 5.75 Å². The first-order valence-corrected chi connectivity index (χ1v) is 10.7. The van der Waals surface area contributed by atoms with E-state index in [-0.39, 0.29) is 17.2 Å². The van der Waals surface area contributed by atoms with Crippen molar-refractivity contribution in [2.24, 2.45) is 5.92 Å². The molecule has 0 radical (unpaired) electrons. The third kappa shape index (κ3) is 3.22. The van der Waals surface area contributed by atoms with E-state index >= 15 is 0 Å². The number of anilines is 1. The summed E-state index contributed by atoms with van der Waals surface area (Å²) in [6, 6.07) is 25.8. The maximum absolute atomic E-state index is 13.6. The zero-order chi connectivity index (χ0) is 21.5. The zero-order valence-electron chi connectivity index (χ0n) is 16.4. The largest absolute Gasteiger partial charge is 0.507 e. The van der Waals surface area contributed by atoms with E-state index in [1.54, 1.807) is 18.2 Å². The van der Waals surface area contributed by atoms with Gasteiger partial charge in [0.05, 0.1) is 5.56 Å². The minimum atomic E-state index is -1.02. The standard InChI is InChI=1S/C26H18BrNO3/c27-19-11-5-3-9-17(19)23-22-16-8-2-1-7-15(16)13-14-20(22)28-26(31)24(23)25(30)18-10-4-6-12-21(18)29/h1-14,23-24,29H,(H,28,31). The predicted octanol–water partition coefficient (Wildman–Crippen LogP) is 5.89. The lowest BCUT2D eigenvalue weighted by Gasteiger charge is -2.34. The molecule has 5 rings (SSSR count). The van der Waals surface area contributed by atoms with Gasteiger partial charge in [0.25, 0.3) is 0 Å². The highest BCUT2D eigenvalue weighted by Crippen LogP contribution is 2.47. The summed E-state index contributed by atoms with van der Waals surface area (Å²) in [4.78, 5) is 26.9. The lowest BCUT2D eigenvalue weighted by atomic mass is 9.72. The molecule has 5 heteroatoms. The van der Waals surface area contributed by atoms with E-state index in [1.807, 2.05) is 60.7 Å². The van der Waals surface area contributed by atoms with Gasteiger partial charge in [-0.15, -0.1) is 0 Å². The molecule has 0 aromatic heterocycles. The van der Waals surface area contributed by atoms with Gasteiger partial charge in [0.15, 0.2) is 5.78 Å². The van der Waals surface area contributed by atoms with Crippen molar-refractivity contribution >= 4 is 44.1 Å². The predicted molar refractivity (Wildman–Crippen MR) is 124 cm³/mol. The number of aromatic hydroxyl groups is 1. The Morgan fingerprint density at radius 2 is 1.58 bits per heavy atom. The number of fused-ring (bicyclic) bond motifs is 3. The normalized spacial score (nSPS) is 17.8. The third-order valence-corrected chi connectivity index (χ3v) is 6.57. The Hall–Kier alpha value is -3.44. The average Bonchev–Trinajstić information content (AvgIpc) is 2.78. The molecule has 0 aliphatic carbocycles. The van der Waals surface area contributed by atoms with Crippen molar-refractivity contribution in [3.63, 3.8) is 0 Å². The van der Waals surface area contributed by atoms with Gasteiger partial charge in [0, 0.05) is 16.1 Å². The number of carbonyl (C=O) groups excluding carboxylic acids is 2. The van der Waals surface area contributed by atoms with Gasteiger partial charge >= 0.3 is 0 Å². The number of ketones is 1. The van der Waals surface area contributed by atoms with Crippen LogP contribution in [0.2, 0.25) is 0 Å². The van der Waals surface area contributed by atoms with E-state index in [0.717, 1.165) is 26.4 Å². The summed E-state index contributed by atoms with van der Waals surface area (Å²) in [6.07, 6.45) is 0. The first kappa shape index (κ1) is 19.5. The Morgan fingerprint density at radius 1 is 0.871 bits per heavy atom. The molecule has 4 aromatic rings. The highest BCUT2D eigenvalue weighted by molar-refractivity contribution is 9.10. The lowest BCUT2D eigenvalue weighted by Crippen LogP contribution is -2.39. The first-order chi connectivity index (χ1) is 15.1. The van der Waals surface area contributed by atoms with Crippen LogP contribution in [0.25, 0.3) is 10.8 Å². The molecule has 1 heterocycles. The topological polar surface area (TPSA) is 66.4 Å². The number of halogens is 1. The van der Waals surface area contributed by atoms with Crippen molar-refractivity contribution in [3.05, 3.63) is 106 Å². The summed E-state index contributed by atoms with van der Waals surface area (Å²) >= 11 is 3.62. The molecular weight excluding hydrogens is 454 g/mol. The van der Waals surface area contributed by atoms with Crippen LogP contribution >= 0.6 is 15.9 Å². The van der Waals surface area contributed by atoms with Gasteiger partial charge in [-0.05, 0) is 46.2 Å². The van der Waals surface area contributed by atoms with Crippen molar-refractivity contribution in [1.82, 2.24) is 0 Å². The number of hydrogen-bond acceptors (Lipinski definition) is 3. The summed E-state index contributed by atoms with van der Waals surface area (Å²) < 4.78 is 0.823. The number of nitrogens with one attached hydrogen (secondary N) is 1. The highest BCUT2D eigenvalue weighted by atomic mass is 79.9. The molecule has 2 unspecified atom stereocenters. The minimum Gasteiger partial charge on any atom is -0.507 e. The van der Waals surface area contributed by atoms with Crippen LogP contribution in [-0.4, -0.2) is 16.8 Å². The van der Waals surface area contributed by atoms with Gasteiger partial charge in [-0.1, -0.05) is 76.6 Å². The second-order valence-electron chi connectivity index (χ2n) is 7.60. The fourth-order valence-corrected chi connectivity index (χ4v) is 4.98. The number of hydrogen-bond donors (Lipinski definition) is 2. The molecule has 2 N–H and O–H groups in total. The Kier molecular flexibility index (Phi) is 4.83. The average molecular weight is 472 g/mol. The van der Waals surface area contributed by atoms with Crippen LogP contribution in [0.4, 0.5) is 5.69 Å². The molecule has 152 valence electrons. The monoisotopic (exact) mass is 471 g/mol. The third-order valence-electron chi connectivity index (χ3n) is 5.85. The number of phenols is 1. The van der Waals surface area contributed by atoms with Crippen molar-refractivity contribution in [1.29, 1.82) is 0 Å². The Labute approximate surface area is 187 Å². The van der Waals surface area contributed by atoms with Crippen LogP contribution in [-0.2, 0) is 4.79 Å². The molecule has 0 saturated carbocycles. The van der Waals surface area contributed by atoms with E-state index < -0.39 is 17.6 Å². The second-order valence-corrected chi connectivity index (χ2v) is 8.45. The van der Waals surface area contributed by atoms with Crippen LogP contribution < -0.4 is 5.32 Å². The molecule has 0 spiro atoms. The Balaban J connectivity index is 1.80. The van der Waals surface area contributed by atoms with Crippen LogP contribution in [0.15, 0.2) is 89.4 Å². The molecule has 4 aromatic carbocycles. The number of phenolic OH excluding ortho intramolecular Hbond substituents is 1. The summed E-state index contributed by atoms with van der Waals surface area (Å²) in [5, 5.41) is 15.3. The first-order valence-electron chi connectivity index (χ1n) is 9.95. The van der Waals surface area contributed by atoms with Crippen LogP contribution in [0.3, 0.4) is 0 Å². The number of para-hydroxylation sites is 1. The smallest absolute Gasteiger partial charge is 0.236 e. The molecule has 2 atom stereocenters. The van der Waals surface area contributed by atoms with E-state index in [4.69, 9.17) is 0 Å².